The first-order valence-corrected chi connectivity index (χ1v) is 7.96. The summed E-state index contributed by atoms with van der Waals surface area (Å²) in [7, 11) is 0. The first-order valence-electron chi connectivity index (χ1n) is 7.96. The van der Waals surface area contributed by atoms with Crippen molar-refractivity contribution >= 4 is 0 Å². The number of rotatable bonds is 4. The van der Waals surface area contributed by atoms with Crippen LogP contribution in [0.1, 0.15) is 51.2 Å². The van der Waals surface area contributed by atoms with Crippen LogP contribution in [0.25, 0.3) is 0 Å². The molecule has 1 atom stereocenters. The standard InChI is InChI=1S/C21H27N/c1-8-15(5)20-17(7)22-16(6)19(13(2)3)21(20)18-11-9-10-14(4)12-18/h9-12,21-22H,2,5,8H2,1,3-4,6-7H3/t21-/m1/s1. The fraction of sp³-hybridized carbons (Fsp3) is 0.333. The maximum atomic E-state index is 4.31. The predicted octanol–water partition coefficient (Wildman–Crippen LogP) is 5.77. The predicted molar refractivity (Wildman–Crippen MR) is 96.7 cm³/mol. The van der Waals surface area contributed by atoms with E-state index in [2.05, 4.69) is 77.4 Å². The molecule has 116 valence electrons. The SMILES string of the molecule is C=C(C)C1=C(C)NC(C)=C(C(=C)CC)[C@@H]1c1cccc(C)c1. The highest BCUT2D eigenvalue weighted by atomic mass is 14.9. The summed E-state index contributed by atoms with van der Waals surface area (Å²) >= 11 is 0. The summed E-state index contributed by atoms with van der Waals surface area (Å²) in [5.41, 5.74) is 9.94. The molecule has 1 nitrogen and oxygen atoms in total. The third-order valence-electron chi connectivity index (χ3n) is 4.40. The molecule has 2 rings (SSSR count). The largest absolute Gasteiger partial charge is 0.362 e. The fourth-order valence-electron chi connectivity index (χ4n) is 3.40. The van der Waals surface area contributed by atoms with Crippen LogP contribution in [0.5, 0.6) is 0 Å². The molecule has 22 heavy (non-hydrogen) atoms. The highest BCUT2D eigenvalue weighted by molar-refractivity contribution is 5.57. The molecule has 0 unspecified atom stereocenters. The molecule has 0 fully saturated rings. The summed E-state index contributed by atoms with van der Waals surface area (Å²) < 4.78 is 0. The lowest BCUT2D eigenvalue weighted by Gasteiger charge is -2.34. The van der Waals surface area contributed by atoms with Crippen molar-refractivity contribution in [3.8, 4) is 0 Å². The minimum atomic E-state index is 0.228. The lowest BCUT2D eigenvalue weighted by atomic mass is 9.75. The van der Waals surface area contributed by atoms with Gasteiger partial charge >= 0.3 is 0 Å². The van der Waals surface area contributed by atoms with Gasteiger partial charge in [0.25, 0.3) is 0 Å². The van der Waals surface area contributed by atoms with Gasteiger partial charge in [0.15, 0.2) is 0 Å². The van der Waals surface area contributed by atoms with Gasteiger partial charge in [0, 0.05) is 17.3 Å². The van der Waals surface area contributed by atoms with Crippen molar-refractivity contribution in [3.63, 3.8) is 0 Å². The van der Waals surface area contributed by atoms with E-state index in [-0.39, 0.29) is 5.92 Å². The van der Waals surface area contributed by atoms with Crippen molar-refractivity contribution in [2.24, 2.45) is 0 Å². The summed E-state index contributed by atoms with van der Waals surface area (Å²) in [6.45, 7) is 19.2. The first-order chi connectivity index (χ1) is 10.4. The average molecular weight is 293 g/mol. The molecule has 1 heterocycles. The number of hydrogen-bond donors (Lipinski definition) is 1. The number of dihydropyridines is 1. The van der Waals surface area contributed by atoms with Gasteiger partial charge in [-0.3, -0.25) is 0 Å². The highest BCUT2D eigenvalue weighted by Crippen LogP contribution is 2.44. The second-order valence-corrected chi connectivity index (χ2v) is 6.29. The molecule has 0 saturated heterocycles. The average Bonchev–Trinajstić information content (AvgIpc) is 2.45. The molecule has 1 aromatic rings. The zero-order valence-corrected chi connectivity index (χ0v) is 14.5. The van der Waals surface area contributed by atoms with E-state index < -0.39 is 0 Å². The molecule has 0 radical (unpaired) electrons. The molecule has 1 aliphatic rings. The number of nitrogens with one attached hydrogen (secondary N) is 1. The minimum absolute atomic E-state index is 0.228. The van der Waals surface area contributed by atoms with Crippen LogP contribution in [0.3, 0.4) is 0 Å². The van der Waals surface area contributed by atoms with Crippen LogP contribution in [0.2, 0.25) is 0 Å². The maximum absolute atomic E-state index is 4.31. The summed E-state index contributed by atoms with van der Waals surface area (Å²) in [6, 6.07) is 8.78. The van der Waals surface area contributed by atoms with E-state index in [9.17, 15) is 0 Å². The Bertz CT molecular complexity index is 686. The Kier molecular flexibility index (Phi) is 4.75. The van der Waals surface area contributed by atoms with E-state index in [0.717, 1.165) is 12.0 Å². The Morgan fingerprint density at radius 2 is 1.73 bits per heavy atom. The summed E-state index contributed by atoms with van der Waals surface area (Å²) in [5, 5.41) is 3.53. The molecular weight excluding hydrogens is 266 g/mol. The van der Waals surface area contributed by atoms with Gasteiger partial charge in [0.1, 0.15) is 0 Å². The quantitative estimate of drug-likeness (QED) is 0.743. The second-order valence-electron chi connectivity index (χ2n) is 6.29. The molecule has 1 aliphatic heterocycles. The Morgan fingerprint density at radius 1 is 1.09 bits per heavy atom. The van der Waals surface area contributed by atoms with Crippen LogP contribution in [0, 0.1) is 6.92 Å². The maximum Gasteiger partial charge on any atom is 0.0379 e. The van der Waals surface area contributed by atoms with Gasteiger partial charge in [-0.1, -0.05) is 55.5 Å². The Morgan fingerprint density at radius 3 is 2.27 bits per heavy atom. The topological polar surface area (TPSA) is 12.0 Å². The molecule has 0 amide bonds. The Hall–Kier alpha value is -2.02. The van der Waals surface area contributed by atoms with Gasteiger partial charge in [-0.05, 0) is 56.4 Å². The van der Waals surface area contributed by atoms with Crippen LogP contribution in [-0.2, 0) is 0 Å². The molecule has 1 heteroatoms. The lowest BCUT2D eigenvalue weighted by Crippen LogP contribution is -2.25. The normalized spacial score (nSPS) is 18.3. The Labute approximate surface area is 135 Å². The third kappa shape index (κ3) is 2.94. The summed E-state index contributed by atoms with van der Waals surface area (Å²) in [5.74, 6) is 0.228. The van der Waals surface area contributed by atoms with Gasteiger partial charge in [-0.25, -0.2) is 0 Å². The number of aryl methyl sites for hydroxylation is 1. The lowest BCUT2D eigenvalue weighted by molar-refractivity contribution is 0.778. The Balaban J connectivity index is 2.70. The van der Waals surface area contributed by atoms with Crippen LogP contribution < -0.4 is 5.32 Å². The van der Waals surface area contributed by atoms with Crippen LogP contribution >= 0.6 is 0 Å². The number of allylic oxidation sites excluding steroid dienone is 6. The highest BCUT2D eigenvalue weighted by Gasteiger charge is 2.30. The molecule has 0 saturated carbocycles. The van der Waals surface area contributed by atoms with Gasteiger partial charge in [0.2, 0.25) is 0 Å². The summed E-state index contributed by atoms with van der Waals surface area (Å²) in [4.78, 5) is 0. The minimum Gasteiger partial charge on any atom is -0.362 e. The second kappa shape index (κ2) is 6.39. The first kappa shape index (κ1) is 16.4. The van der Waals surface area contributed by atoms with E-state index in [1.54, 1.807) is 0 Å². The van der Waals surface area contributed by atoms with Gasteiger partial charge < -0.3 is 5.32 Å². The van der Waals surface area contributed by atoms with Gasteiger partial charge in [0.05, 0.1) is 0 Å². The van der Waals surface area contributed by atoms with Crippen LogP contribution in [0.15, 0.2) is 71.1 Å². The number of benzene rings is 1. The van der Waals surface area contributed by atoms with Crippen molar-refractivity contribution in [1.29, 1.82) is 0 Å². The van der Waals surface area contributed by atoms with E-state index in [1.807, 2.05) is 0 Å². The molecule has 0 aromatic heterocycles. The van der Waals surface area contributed by atoms with E-state index in [1.165, 1.54) is 39.2 Å². The van der Waals surface area contributed by atoms with Gasteiger partial charge in [-0.2, -0.15) is 0 Å². The molecular formula is C21H27N. The summed E-state index contributed by atoms with van der Waals surface area (Å²) in [6.07, 6.45) is 0.958. The van der Waals surface area contributed by atoms with Crippen molar-refractivity contribution in [3.05, 3.63) is 82.2 Å². The van der Waals surface area contributed by atoms with Crippen molar-refractivity contribution in [2.75, 3.05) is 0 Å². The molecule has 1 aromatic carbocycles. The van der Waals surface area contributed by atoms with Crippen molar-refractivity contribution < 1.29 is 0 Å². The molecule has 0 bridgehead atoms. The number of hydrogen-bond acceptors (Lipinski definition) is 1. The van der Waals surface area contributed by atoms with Crippen molar-refractivity contribution in [2.45, 2.75) is 47.0 Å². The monoisotopic (exact) mass is 293 g/mol. The van der Waals surface area contributed by atoms with Gasteiger partial charge in [-0.15, -0.1) is 0 Å². The van der Waals surface area contributed by atoms with E-state index >= 15 is 0 Å². The molecule has 0 aliphatic carbocycles. The molecule has 1 N–H and O–H groups in total. The smallest absolute Gasteiger partial charge is 0.0379 e. The van der Waals surface area contributed by atoms with Crippen LogP contribution in [-0.4, -0.2) is 0 Å². The zero-order valence-electron chi connectivity index (χ0n) is 14.5. The van der Waals surface area contributed by atoms with E-state index in [0.29, 0.717) is 0 Å². The fourth-order valence-corrected chi connectivity index (χ4v) is 3.40. The van der Waals surface area contributed by atoms with Crippen LogP contribution in [0.4, 0.5) is 0 Å². The third-order valence-corrected chi connectivity index (χ3v) is 4.40. The molecule has 0 spiro atoms. The van der Waals surface area contributed by atoms with Crippen molar-refractivity contribution in [1.82, 2.24) is 5.32 Å². The zero-order chi connectivity index (χ0) is 16.4. The van der Waals surface area contributed by atoms with E-state index in [4.69, 9.17) is 0 Å².